The number of aryl methyl sites for hydroxylation is 1. The maximum Gasteiger partial charge on any atom is 0.248 e. The molecule has 0 bridgehead atoms. The number of methoxy groups -OCH3 is 2. The molecule has 1 atom stereocenters. The summed E-state index contributed by atoms with van der Waals surface area (Å²) in [5.74, 6) is 2.53. The molecule has 6 nitrogen and oxygen atoms in total. The second-order valence-electron chi connectivity index (χ2n) is 4.12. The Hall–Kier alpha value is -2.24. The van der Waals surface area contributed by atoms with Gasteiger partial charge in [0.1, 0.15) is 6.04 Å². The maximum atomic E-state index is 5.25. The number of aromatic nitrogens is 2. The molecule has 2 aromatic rings. The third-order valence-electron chi connectivity index (χ3n) is 2.68. The zero-order valence-electron chi connectivity index (χ0n) is 11.4. The van der Waals surface area contributed by atoms with Gasteiger partial charge in [0, 0.05) is 11.8 Å². The van der Waals surface area contributed by atoms with E-state index in [2.05, 4.69) is 15.5 Å². The van der Waals surface area contributed by atoms with E-state index >= 15 is 0 Å². The molecule has 2 rings (SSSR count). The molecule has 6 heteroatoms. The Bertz CT molecular complexity index is 554. The third kappa shape index (κ3) is 2.96. The number of rotatable bonds is 5. The molecule has 0 radical (unpaired) electrons. The summed E-state index contributed by atoms with van der Waals surface area (Å²) < 4.78 is 15.6. The van der Waals surface area contributed by atoms with Crippen molar-refractivity contribution in [2.24, 2.45) is 0 Å². The molecule has 1 aromatic carbocycles. The average molecular weight is 263 g/mol. The van der Waals surface area contributed by atoms with E-state index in [1.807, 2.05) is 25.1 Å². The van der Waals surface area contributed by atoms with Crippen molar-refractivity contribution in [2.75, 3.05) is 19.5 Å². The minimum Gasteiger partial charge on any atom is -0.493 e. The van der Waals surface area contributed by atoms with Crippen molar-refractivity contribution in [3.05, 3.63) is 29.9 Å². The molecular weight excluding hydrogens is 246 g/mol. The largest absolute Gasteiger partial charge is 0.493 e. The van der Waals surface area contributed by atoms with Gasteiger partial charge in [-0.15, -0.1) is 0 Å². The highest BCUT2D eigenvalue weighted by Crippen LogP contribution is 2.31. The molecule has 1 N–H and O–H groups in total. The summed E-state index contributed by atoms with van der Waals surface area (Å²) in [6.07, 6.45) is 0. The van der Waals surface area contributed by atoms with Crippen LogP contribution in [0.1, 0.15) is 24.7 Å². The molecule has 0 spiro atoms. The highest BCUT2D eigenvalue weighted by molar-refractivity contribution is 5.55. The molecule has 1 aromatic heterocycles. The lowest BCUT2D eigenvalue weighted by Crippen LogP contribution is -2.07. The van der Waals surface area contributed by atoms with E-state index in [9.17, 15) is 0 Å². The summed E-state index contributed by atoms with van der Waals surface area (Å²) in [6.45, 7) is 3.74. The predicted molar refractivity (Wildman–Crippen MR) is 70.6 cm³/mol. The molecule has 0 fully saturated rings. The Morgan fingerprint density at radius 2 is 1.95 bits per heavy atom. The van der Waals surface area contributed by atoms with E-state index in [0.29, 0.717) is 23.2 Å². The van der Waals surface area contributed by atoms with Gasteiger partial charge in [-0.3, -0.25) is 0 Å². The van der Waals surface area contributed by atoms with E-state index in [0.717, 1.165) is 5.69 Å². The van der Waals surface area contributed by atoms with E-state index in [-0.39, 0.29) is 6.04 Å². The lowest BCUT2D eigenvalue weighted by molar-refractivity contribution is 0.354. The average Bonchev–Trinajstić information content (AvgIpc) is 2.85. The fourth-order valence-corrected chi connectivity index (χ4v) is 1.73. The van der Waals surface area contributed by atoms with Crippen LogP contribution in [0.4, 0.5) is 5.69 Å². The maximum absolute atomic E-state index is 5.25. The van der Waals surface area contributed by atoms with Crippen LogP contribution in [0.5, 0.6) is 11.5 Å². The number of nitrogens with zero attached hydrogens (tertiary/aromatic N) is 2. The van der Waals surface area contributed by atoms with Crippen LogP contribution in [-0.4, -0.2) is 24.4 Å². The van der Waals surface area contributed by atoms with E-state index in [4.69, 9.17) is 14.0 Å². The first-order valence-electron chi connectivity index (χ1n) is 5.92. The number of ether oxygens (including phenoxy) is 2. The zero-order valence-corrected chi connectivity index (χ0v) is 11.4. The molecule has 0 aliphatic heterocycles. The van der Waals surface area contributed by atoms with Gasteiger partial charge in [0.15, 0.2) is 17.3 Å². The van der Waals surface area contributed by atoms with Crippen LogP contribution >= 0.6 is 0 Å². The Labute approximate surface area is 111 Å². The fraction of sp³-hybridized carbons (Fsp3) is 0.385. The SMILES string of the molecule is COc1ccc(NC(C)c2nc(C)no2)cc1OC. The summed E-state index contributed by atoms with van der Waals surface area (Å²) in [5.41, 5.74) is 0.890. The summed E-state index contributed by atoms with van der Waals surface area (Å²) in [5, 5.41) is 7.04. The summed E-state index contributed by atoms with van der Waals surface area (Å²) in [6, 6.07) is 5.52. The van der Waals surface area contributed by atoms with Crippen LogP contribution in [0.2, 0.25) is 0 Å². The van der Waals surface area contributed by atoms with Crippen molar-refractivity contribution in [1.82, 2.24) is 10.1 Å². The van der Waals surface area contributed by atoms with Gasteiger partial charge >= 0.3 is 0 Å². The number of hydrogen-bond donors (Lipinski definition) is 1. The Morgan fingerprint density at radius 1 is 1.21 bits per heavy atom. The third-order valence-corrected chi connectivity index (χ3v) is 2.68. The summed E-state index contributed by atoms with van der Waals surface area (Å²) in [4.78, 5) is 4.19. The highest BCUT2D eigenvalue weighted by Gasteiger charge is 2.13. The van der Waals surface area contributed by atoms with Gasteiger partial charge in [-0.05, 0) is 26.0 Å². The topological polar surface area (TPSA) is 69.4 Å². The molecule has 0 aliphatic rings. The molecular formula is C13H17N3O3. The summed E-state index contributed by atoms with van der Waals surface area (Å²) >= 11 is 0. The van der Waals surface area contributed by atoms with Crippen LogP contribution < -0.4 is 14.8 Å². The minimum absolute atomic E-state index is 0.0840. The summed E-state index contributed by atoms with van der Waals surface area (Å²) in [7, 11) is 3.21. The van der Waals surface area contributed by atoms with Crippen molar-refractivity contribution in [3.63, 3.8) is 0 Å². The minimum atomic E-state index is -0.0840. The van der Waals surface area contributed by atoms with Gasteiger partial charge in [-0.25, -0.2) is 0 Å². The van der Waals surface area contributed by atoms with Crippen molar-refractivity contribution >= 4 is 5.69 Å². The second-order valence-corrected chi connectivity index (χ2v) is 4.12. The predicted octanol–water partition coefficient (Wildman–Crippen LogP) is 2.57. The molecule has 1 unspecified atom stereocenters. The highest BCUT2D eigenvalue weighted by atomic mass is 16.5. The van der Waals surface area contributed by atoms with Gasteiger partial charge in [-0.2, -0.15) is 4.98 Å². The van der Waals surface area contributed by atoms with Crippen molar-refractivity contribution in [1.29, 1.82) is 0 Å². The first-order valence-corrected chi connectivity index (χ1v) is 5.92. The van der Waals surface area contributed by atoms with E-state index in [1.54, 1.807) is 21.1 Å². The lowest BCUT2D eigenvalue weighted by atomic mass is 10.2. The Morgan fingerprint density at radius 3 is 2.53 bits per heavy atom. The standard InChI is InChI=1S/C13H17N3O3/c1-8(13-15-9(2)16-19-13)14-10-5-6-11(17-3)12(7-10)18-4/h5-8,14H,1-4H3. The van der Waals surface area contributed by atoms with Crippen LogP contribution in [0.3, 0.4) is 0 Å². The number of nitrogens with one attached hydrogen (secondary N) is 1. The molecule has 0 saturated carbocycles. The second kappa shape index (κ2) is 5.60. The van der Waals surface area contributed by atoms with Gasteiger partial charge in [0.25, 0.3) is 0 Å². The fourth-order valence-electron chi connectivity index (χ4n) is 1.73. The molecule has 102 valence electrons. The van der Waals surface area contributed by atoms with Gasteiger partial charge < -0.3 is 19.3 Å². The van der Waals surface area contributed by atoms with Gasteiger partial charge in [-0.1, -0.05) is 5.16 Å². The van der Waals surface area contributed by atoms with Crippen LogP contribution in [0.25, 0.3) is 0 Å². The molecule has 0 amide bonds. The van der Waals surface area contributed by atoms with Crippen molar-refractivity contribution < 1.29 is 14.0 Å². The Balaban J connectivity index is 2.14. The number of hydrogen-bond acceptors (Lipinski definition) is 6. The van der Waals surface area contributed by atoms with E-state index in [1.165, 1.54) is 0 Å². The zero-order chi connectivity index (χ0) is 13.8. The lowest BCUT2D eigenvalue weighted by Gasteiger charge is -2.14. The van der Waals surface area contributed by atoms with Crippen LogP contribution in [0.15, 0.2) is 22.7 Å². The quantitative estimate of drug-likeness (QED) is 0.894. The van der Waals surface area contributed by atoms with E-state index < -0.39 is 0 Å². The van der Waals surface area contributed by atoms with Crippen LogP contribution in [-0.2, 0) is 0 Å². The first-order chi connectivity index (χ1) is 9.13. The monoisotopic (exact) mass is 263 g/mol. The molecule has 19 heavy (non-hydrogen) atoms. The van der Waals surface area contributed by atoms with Gasteiger partial charge in [0.2, 0.25) is 5.89 Å². The smallest absolute Gasteiger partial charge is 0.248 e. The first kappa shape index (κ1) is 13.2. The Kier molecular flexibility index (Phi) is 3.89. The number of benzene rings is 1. The van der Waals surface area contributed by atoms with Crippen LogP contribution in [0, 0.1) is 6.92 Å². The molecule has 1 heterocycles. The molecule has 0 saturated heterocycles. The molecule has 0 aliphatic carbocycles. The number of anilines is 1. The van der Waals surface area contributed by atoms with Crippen molar-refractivity contribution in [2.45, 2.75) is 19.9 Å². The normalized spacial score (nSPS) is 12.0. The van der Waals surface area contributed by atoms with Crippen molar-refractivity contribution in [3.8, 4) is 11.5 Å². The van der Waals surface area contributed by atoms with Gasteiger partial charge in [0.05, 0.1) is 14.2 Å².